The predicted molar refractivity (Wildman–Crippen MR) is 110 cm³/mol. The van der Waals surface area contributed by atoms with Gasteiger partial charge >= 0.3 is 6.03 Å². The van der Waals surface area contributed by atoms with Gasteiger partial charge in [0.25, 0.3) is 5.91 Å². The maximum absolute atomic E-state index is 12.7. The number of imide groups is 1. The van der Waals surface area contributed by atoms with Crippen LogP contribution in [0, 0.1) is 0 Å². The first-order chi connectivity index (χ1) is 15.0. The SMILES string of the molecule is COc1ccc(CN2C(=O)N[C@H](CC(=O)N[C@H](C)c3nnc4ccccn34)C2=O)cc1. The highest BCUT2D eigenvalue weighted by molar-refractivity contribution is 6.05. The Bertz CT molecular complexity index is 1130. The topological polar surface area (TPSA) is 118 Å². The molecule has 160 valence electrons. The number of urea groups is 1. The Morgan fingerprint density at radius 1 is 1.19 bits per heavy atom. The van der Waals surface area contributed by atoms with Gasteiger partial charge in [-0.15, -0.1) is 10.2 Å². The van der Waals surface area contributed by atoms with Crippen molar-refractivity contribution in [3.63, 3.8) is 0 Å². The zero-order valence-electron chi connectivity index (χ0n) is 17.1. The van der Waals surface area contributed by atoms with E-state index in [4.69, 9.17) is 4.74 Å². The molecule has 31 heavy (non-hydrogen) atoms. The van der Waals surface area contributed by atoms with Crippen molar-refractivity contribution in [2.24, 2.45) is 0 Å². The van der Waals surface area contributed by atoms with Crippen LogP contribution in [0.3, 0.4) is 0 Å². The number of methoxy groups -OCH3 is 1. The van der Waals surface area contributed by atoms with E-state index in [9.17, 15) is 14.4 Å². The summed E-state index contributed by atoms with van der Waals surface area (Å²) in [5.41, 5.74) is 1.45. The van der Waals surface area contributed by atoms with E-state index >= 15 is 0 Å². The van der Waals surface area contributed by atoms with Gasteiger partial charge in [-0.25, -0.2) is 4.79 Å². The molecule has 1 aromatic carbocycles. The number of nitrogens with zero attached hydrogens (tertiary/aromatic N) is 4. The molecule has 0 saturated carbocycles. The molecule has 10 nitrogen and oxygen atoms in total. The third kappa shape index (κ3) is 4.18. The lowest BCUT2D eigenvalue weighted by Gasteiger charge is -2.15. The zero-order chi connectivity index (χ0) is 22.0. The number of pyridine rings is 1. The van der Waals surface area contributed by atoms with Crippen molar-refractivity contribution in [1.29, 1.82) is 0 Å². The molecule has 0 aliphatic carbocycles. The standard InChI is InChI=1S/C21H22N6O4/c1-13(19-25-24-17-5-3-4-10-26(17)19)22-18(28)11-16-20(29)27(21(30)23-16)12-14-6-8-15(31-2)9-7-14/h3-10,13,16H,11-12H2,1-2H3,(H,22,28)(H,23,30)/t13-,16-/m1/s1. The van der Waals surface area contributed by atoms with Gasteiger partial charge in [-0.2, -0.15) is 0 Å². The van der Waals surface area contributed by atoms with Gasteiger partial charge < -0.3 is 15.4 Å². The molecular weight excluding hydrogens is 400 g/mol. The van der Waals surface area contributed by atoms with E-state index < -0.39 is 24.0 Å². The van der Waals surface area contributed by atoms with Gasteiger partial charge in [-0.3, -0.25) is 18.9 Å². The van der Waals surface area contributed by atoms with Crippen LogP contribution in [0.4, 0.5) is 4.79 Å². The van der Waals surface area contributed by atoms with Gasteiger partial charge in [-0.05, 0) is 36.8 Å². The Morgan fingerprint density at radius 2 is 1.97 bits per heavy atom. The minimum absolute atomic E-state index is 0.120. The van der Waals surface area contributed by atoms with Crippen LogP contribution in [0.1, 0.15) is 30.8 Å². The number of carbonyl (C=O) groups excluding carboxylic acids is 3. The number of carbonyl (C=O) groups is 3. The van der Waals surface area contributed by atoms with Crippen molar-refractivity contribution in [2.45, 2.75) is 32.0 Å². The van der Waals surface area contributed by atoms with Crippen LogP contribution in [0.15, 0.2) is 48.7 Å². The number of rotatable bonds is 7. The van der Waals surface area contributed by atoms with Crippen LogP contribution >= 0.6 is 0 Å². The molecule has 3 heterocycles. The predicted octanol–water partition coefficient (Wildman–Crippen LogP) is 1.43. The van der Waals surface area contributed by atoms with Crippen molar-refractivity contribution in [3.8, 4) is 5.75 Å². The second kappa shape index (κ2) is 8.42. The van der Waals surface area contributed by atoms with E-state index in [1.807, 2.05) is 24.4 Å². The van der Waals surface area contributed by atoms with Gasteiger partial charge in [0.2, 0.25) is 5.91 Å². The molecule has 2 aromatic heterocycles. The molecule has 10 heteroatoms. The summed E-state index contributed by atoms with van der Waals surface area (Å²) in [5, 5.41) is 13.6. The summed E-state index contributed by atoms with van der Waals surface area (Å²) in [7, 11) is 1.56. The Morgan fingerprint density at radius 3 is 2.71 bits per heavy atom. The third-order valence-corrected chi connectivity index (χ3v) is 5.10. The van der Waals surface area contributed by atoms with E-state index in [2.05, 4.69) is 20.8 Å². The molecule has 1 saturated heterocycles. The minimum atomic E-state index is -0.909. The molecule has 3 aromatic rings. The highest BCUT2D eigenvalue weighted by atomic mass is 16.5. The van der Waals surface area contributed by atoms with E-state index in [0.717, 1.165) is 10.5 Å². The Balaban J connectivity index is 1.37. The fourth-order valence-electron chi connectivity index (χ4n) is 3.48. The number of ether oxygens (including phenoxy) is 1. The first-order valence-corrected chi connectivity index (χ1v) is 9.80. The molecule has 4 rings (SSSR count). The average molecular weight is 422 g/mol. The summed E-state index contributed by atoms with van der Waals surface area (Å²) in [5.74, 6) is 0.457. The number of fused-ring (bicyclic) bond motifs is 1. The quantitative estimate of drug-likeness (QED) is 0.556. The Hall–Kier alpha value is -3.95. The van der Waals surface area contributed by atoms with Crippen LogP contribution in [0.5, 0.6) is 5.75 Å². The largest absolute Gasteiger partial charge is 0.497 e. The summed E-state index contributed by atoms with van der Waals surface area (Å²) >= 11 is 0. The highest BCUT2D eigenvalue weighted by Crippen LogP contribution is 2.18. The number of aromatic nitrogens is 3. The van der Waals surface area contributed by atoms with Crippen molar-refractivity contribution in [2.75, 3.05) is 7.11 Å². The number of nitrogens with one attached hydrogen (secondary N) is 2. The molecular formula is C21H22N6O4. The Kier molecular flexibility index (Phi) is 5.52. The molecule has 2 atom stereocenters. The monoisotopic (exact) mass is 422 g/mol. The normalized spacial score (nSPS) is 17.0. The van der Waals surface area contributed by atoms with E-state index in [0.29, 0.717) is 17.2 Å². The number of hydrogen-bond acceptors (Lipinski definition) is 6. The second-order valence-corrected chi connectivity index (χ2v) is 7.25. The maximum atomic E-state index is 12.7. The lowest BCUT2D eigenvalue weighted by molar-refractivity contribution is -0.131. The number of hydrogen-bond donors (Lipinski definition) is 2. The lowest BCUT2D eigenvalue weighted by Crippen LogP contribution is -2.37. The summed E-state index contributed by atoms with van der Waals surface area (Å²) in [6.45, 7) is 1.90. The fraction of sp³-hybridized carbons (Fsp3) is 0.286. The smallest absolute Gasteiger partial charge is 0.325 e. The van der Waals surface area contributed by atoms with Crippen LogP contribution < -0.4 is 15.4 Å². The number of benzene rings is 1. The van der Waals surface area contributed by atoms with Crippen LogP contribution in [0.2, 0.25) is 0 Å². The van der Waals surface area contributed by atoms with E-state index in [1.54, 1.807) is 42.7 Å². The van der Waals surface area contributed by atoms with Gasteiger partial charge in [0, 0.05) is 6.20 Å². The lowest BCUT2D eigenvalue weighted by atomic mass is 10.1. The maximum Gasteiger partial charge on any atom is 0.325 e. The summed E-state index contributed by atoms with van der Waals surface area (Å²) in [6, 6.07) is 10.7. The summed E-state index contributed by atoms with van der Waals surface area (Å²) in [6.07, 6.45) is 1.65. The van der Waals surface area contributed by atoms with Crippen LogP contribution in [-0.2, 0) is 16.1 Å². The molecule has 0 bridgehead atoms. The molecule has 0 radical (unpaired) electrons. The average Bonchev–Trinajstić information content (AvgIpc) is 3.31. The van der Waals surface area contributed by atoms with Crippen molar-refractivity contribution < 1.29 is 19.1 Å². The van der Waals surface area contributed by atoms with Gasteiger partial charge in [-0.1, -0.05) is 18.2 Å². The minimum Gasteiger partial charge on any atom is -0.497 e. The summed E-state index contributed by atoms with van der Waals surface area (Å²) < 4.78 is 6.89. The molecule has 1 aliphatic heterocycles. The molecule has 0 unspecified atom stereocenters. The highest BCUT2D eigenvalue weighted by Gasteiger charge is 2.39. The van der Waals surface area contributed by atoms with Gasteiger partial charge in [0.1, 0.15) is 11.8 Å². The molecule has 4 amide bonds. The molecule has 0 spiro atoms. The first kappa shape index (κ1) is 20.3. The second-order valence-electron chi connectivity index (χ2n) is 7.25. The summed E-state index contributed by atoms with van der Waals surface area (Å²) in [4.78, 5) is 38.6. The van der Waals surface area contributed by atoms with Gasteiger partial charge in [0.15, 0.2) is 11.5 Å². The first-order valence-electron chi connectivity index (χ1n) is 9.80. The number of amides is 4. The van der Waals surface area contributed by atoms with Crippen molar-refractivity contribution in [3.05, 3.63) is 60.0 Å². The molecule has 2 N–H and O–H groups in total. The van der Waals surface area contributed by atoms with Crippen molar-refractivity contribution in [1.82, 2.24) is 30.1 Å². The zero-order valence-corrected chi connectivity index (χ0v) is 17.1. The van der Waals surface area contributed by atoms with E-state index in [1.165, 1.54) is 0 Å². The molecule has 1 fully saturated rings. The Labute approximate surface area is 178 Å². The van der Waals surface area contributed by atoms with Crippen molar-refractivity contribution >= 4 is 23.5 Å². The van der Waals surface area contributed by atoms with Gasteiger partial charge in [0.05, 0.1) is 26.1 Å². The fourth-order valence-corrected chi connectivity index (χ4v) is 3.48. The van der Waals surface area contributed by atoms with Crippen LogP contribution in [0.25, 0.3) is 5.65 Å². The van der Waals surface area contributed by atoms with E-state index in [-0.39, 0.29) is 18.9 Å². The van der Waals surface area contributed by atoms with Crippen LogP contribution in [-0.4, -0.2) is 50.5 Å². The molecule has 1 aliphatic rings. The third-order valence-electron chi connectivity index (χ3n) is 5.10.